The molecule has 1 N–H and O–H groups in total. The van der Waals surface area contributed by atoms with E-state index in [4.69, 9.17) is 4.74 Å². The van der Waals surface area contributed by atoms with Crippen molar-refractivity contribution >= 4 is 23.8 Å². The van der Waals surface area contributed by atoms with E-state index in [1.807, 2.05) is 62.6 Å². The van der Waals surface area contributed by atoms with Gasteiger partial charge in [0.1, 0.15) is 5.60 Å². The average molecular weight is 545 g/mol. The van der Waals surface area contributed by atoms with Gasteiger partial charge in [-0.3, -0.25) is 4.79 Å². The van der Waals surface area contributed by atoms with Crippen LogP contribution in [0.3, 0.4) is 0 Å². The van der Waals surface area contributed by atoms with Crippen LogP contribution < -0.4 is 5.32 Å². The van der Waals surface area contributed by atoms with Gasteiger partial charge in [0.25, 0.3) is 0 Å². The first-order valence-corrected chi connectivity index (χ1v) is 14.7. The first-order chi connectivity index (χ1) is 18.7. The summed E-state index contributed by atoms with van der Waals surface area (Å²) in [6.45, 7) is 8.62. The standard InChI is InChI=1S/C33H40N2O3S/c1-5-15-30(36)34-24-28-29(22-23-35(28)31(37)38-32(2,3)4)39-33(25-16-9-6-10-17-25,26-18-11-7-12-19-26)27-20-13-8-14-21-27/h6-14,16-21,28-29H,5,15,22-24H2,1-4H3,(H,34,36)/t28-,29-/m0/s1. The number of benzene rings is 3. The SMILES string of the molecule is CCCC(=O)NC[C@H]1[C@@H](SC(c2ccccc2)(c2ccccc2)c2ccccc2)CCN1C(=O)OC(C)(C)C. The van der Waals surface area contributed by atoms with Crippen LogP contribution in [0.4, 0.5) is 4.79 Å². The summed E-state index contributed by atoms with van der Waals surface area (Å²) in [4.78, 5) is 27.7. The molecule has 0 aliphatic carbocycles. The molecule has 206 valence electrons. The van der Waals surface area contributed by atoms with Crippen molar-refractivity contribution in [1.29, 1.82) is 0 Å². The lowest BCUT2D eigenvalue weighted by Crippen LogP contribution is -2.48. The highest BCUT2D eigenvalue weighted by Crippen LogP contribution is 2.52. The summed E-state index contributed by atoms with van der Waals surface area (Å²) >= 11 is 1.87. The molecule has 1 aliphatic heterocycles. The van der Waals surface area contributed by atoms with Crippen molar-refractivity contribution in [3.63, 3.8) is 0 Å². The van der Waals surface area contributed by atoms with Crippen LogP contribution >= 0.6 is 11.8 Å². The van der Waals surface area contributed by atoms with Crippen molar-refractivity contribution in [2.75, 3.05) is 13.1 Å². The highest BCUT2D eigenvalue weighted by atomic mass is 32.2. The molecule has 0 unspecified atom stereocenters. The molecule has 1 fully saturated rings. The number of carbonyl (C=O) groups is 2. The predicted molar refractivity (Wildman–Crippen MR) is 160 cm³/mol. The Kier molecular flexibility index (Phi) is 9.39. The van der Waals surface area contributed by atoms with Crippen molar-refractivity contribution in [1.82, 2.24) is 10.2 Å². The van der Waals surface area contributed by atoms with Crippen molar-refractivity contribution in [2.45, 2.75) is 68.6 Å². The molecule has 2 atom stereocenters. The van der Waals surface area contributed by atoms with E-state index in [2.05, 4.69) is 78.1 Å². The maximum Gasteiger partial charge on any atom is 0.410 e. The zero-order valence-corrected chi connectivity index (χ0v) is 24.2. The van der Waals surface area contributed by atoms with Gasteiger partial charge in [0.05, 0.1) is 10.8 Å². The molecule has 5 nitrogen and oxygen atoms in total. The van der Waals surface area contributed by atoms with E-state index in [1.54, 1.807) is 0 Å². The second-order valence-corrected chi connectivity index (χ2v) is 12.5. The zero-order chi connectivity index (χ0) is 27.9. The molecule has 39 heavy (non-hydrogen) atoms. The van der Waals surface area contributed by atoms with Crippen LogP contribution in [-0.2, 0) is 14.3 Å². The lowest BCUT2D eigenvalue weighted by atomic mass is 9.84. The predicted octanol–water partition coefficient (Wildman–Crippen LogP) is 7.01. The van der Waals surface area contributed by atoms with Gasteiger partial charge in [-0.2, -0.15) is 0 Å². The van der Waals surface area contributed by atoms with Crippen LogP contribution in [0, 0.1) is 0 Å². The van der Waals surface area contributed by atoms with Crippen molar-refractivity contribution in [2.24, 2.45) is 0 Å². The lowest BCUT2D eigenvalue weighted by molar-refractivity contribution is -0.121. The number of carbonyl (C=O) groups excluding carboxylic acids is 2. The highest BCUT2D eigenvalue weighted by molar-refractivity contribution is 8.01. The number of thioether (sulfide) groups is 1. The molecule has 2 amide bonds. The maximum atomic E-state index is 13.3. The average Bonchev–Trinajstić information content (AvgIpc) is 3.33. The van der Waals surface area contributed by atoms with Crippen LogP contribution in [0.5, 0.6) is 0 Å². The molecular weight excluding hydrogens is 504 g/mol. The summed E-state index contributed by atoms with van der Waals surface area (Å²) in [6.07, 6.45) is 1.72. The Bertz CT molecular complexity index is 1120. The Morgan fingerprint density at radius 2 is 1.36 bits per heavy atom. The summed E-state index contributed by atoms with van der Waals surface area (Å²) in [7, 11) is 0. The van der Waals surface area contributed by atoms with E-state index in [9.17, 15) is 9.59 Å². The normalized spacial score (nSPS) is 17.6. The summed E-state index contributed by atoms with van der Waals surface area (Å²) in [6, 6.07) is 31.5. The number of nitrogens with one attached hydrogen (secondary N) is 1. The van der Waals surface area contributed by atoms with Gasteiger partial charge in [0.15, 0.2) is 0 Å². The van der Waals surface area contributed by atoms with Gasteiger partial charge in [-0.05, 0) is 50.3 Å². The van der Waals surface area contributed by atoms with Crippen LogP contribution in [0.15, 0.2) is 91.0 Å². The number of ether oxygens (including phenoxy) is 1. The van der Waals surface area contributed by atoms with Crippen molar-refractivity contribution < 1.29 is 14.3 Å². The van der Waals surface area contributed by atoms with E-state index in [1.165, 1.54) is 16.7 Å². The minimum atomic E-state index is -0.597. The summed E-state index contributed by atoms with van der Waals surface area (Å²) < 4.78 is 5.29. The third kappa shape index (κ3) is 6.85. The Morgan fingerprint density at radius 3 is 1.79 bits per heavy atom. The minimum Gasteiger partial charge on any atom is -0.444 e. The summed E-state index contributed by atoms with van der Waals surface area (Å²) in [5.74, 6) is 0.0118. The monoisotopic (exact) mass is 544 g/mol. The Balaban J connectivity index is 1.78. The van der Waals surface area contributed by atoms with Gasteiger partial charge in [0, 0.05) is 24.8 Å². The molecule has 0 spiro atoms. The maximum absolute atomic E-state index is 13.3. The van der Waals surface area contributed by atoms with Crippen LogP contribution in [0.25, 0.3) is 0 Å². The van der Waals surface area contributed by atoms with E-state index >= 15 is 0 Å². The second-order valence-electron chi connectivity index (χ2n) is 11.0. The lowest BCUT2D eigenvalue weighted by Gasteiger charge is -2.39. The van der Waals surface area contributed by atoms with Gasteiger partial charge in [-0.25, -0.2) is 4.79 Å². The topological polar surface area (TPSA) is 58.6 Å². The van der Waals surface area contributed by atoms with Crippen molar-refractivity contribution in [3.8, 4) is 0 Å². The fourth-order valence-corrected chi connectivity index (χ4v) is 7.13. The molecule has 6 heteroatoms. The third-order valence-electron chi connectivity index (χ3n) is 6.97. The van der Waals surface area contributed by atoms with E-state index in [-0.39, 0.29) is 23.3 Å². The fraction of sp³-hybridized carbons (Fsp3) is 0.394. The molecular formula is C33H40N2O3S. The largest absolute Gasteiger partial charge is 0.444 e. The summed E-state index contributed by atoms with van der Waals surface area (Å²) in [5.41, 5.74) is 2.94. The Hall–Kier alpha value is -3.25. The first kappa shape index (κ1) is 28.8. The van der Waals surface area contributed by atoms with Crippen LogP contribution in [-0.4, -0.2) is 46.9 Å². The van der Waals surface area contributed by atoms with Gasteiger partial charge in [-0.1, -0.05) is 97.9 Å². The molecule has 0 bridgehead atoms. The third-order valence-corrected chi connectivity index (χ3v) is 8.88. The van der Waals surface area contributed by atoms with Gasteiger partial charge in [-0.15, -0.1) is 11.8 Å². The highest BCUT2D eigenvalue weighted by Gasteiger charge is 2.46. The number of nitrogens with zero attached hydrogens (tertiary/aromatic N) is 1. The number of likely N-dealkylation sites (tertiary alicyclic amines) is 1. The molecule has 0 saturated carbocycles. The Morgan fingerprint density at radius 1 is 0.872 bits per heavy atom. The summed E-state index contributed by atoms with van der Waals surface area (Å²) in [5, 5.41) is 3.16. The zero-order valence-electron chi connectivity index (χ0n) is 23.4. The van der Waals surface area contributed by atoms with Gasteiger partial charge >= 0.3 is 6.09 Å². The van der Waals surface area contributed by atoms with E-state index in [0.29, 0.717) is 19.5 Å². The molecule has 1 saturated heterocycles. The molecule has 3 aromatic carbocycles. The molecule has 1 aliphatic rings. The molecule has 4 rings (SSSR count). The molecule has 0 aromatic heterocycles. The quantitative estimate of drug-likeness (QED) is 0.295. The fourth-order valence-electron chi connectivity index (χ4n) is 5.24. The number of hydrogen-bond donors (Lipinski definition) is 1. The van der Waals surface area contributed by atoms with Crippen molar-refractivity contribution in [3.05, 3.63) is 108 Å². The smallest absolute Gasteiger partial charge is 0.410 e. The van der Waals surface area contributed by atoms with Crippen LogP contribution in [0.1, 0.15) is 63.6 Å². The van der Waals surface area contributed by atoms with Gasteiger partial charge in [0.2, 0.25) is 5.91 Å². The van der Waals surface area contributed by atoms with Gasteiger partial charge < -0.3 is 15.0 Å². The Labute approximate surface area is 237 Å². The van der Waals surface area contributed by atoms with E-state index < -0.39 is 10.3 Å². The minimum absolute atomic E-state index is 0.0118. The number of hydrogen-bond acceptors (Lipinski definition) is 4. The van der Waals surface area contributed by atoms with E-state index in [0.717, 1.165) is 12.8 Å². The molecule has 1 heterocycles. The molecule has 0 radical (unpaired) electrons. The first-order valence-electron chi connectivity index (χ1n) is 13.9. The molecule has 3 aromatic rings. The number of rotatable bonds is 9. The second kappa shape index (κ2) is 12.7. The van der Waals surface area contributed by atoms with Crippen LogP contribution in [0.2, 0.25) is 0 Å². The number of amides is 2.